The van der Waals surface area contributed by atoms with E-state index in [9.17, 15) is 0 Å². The predicted octanol–water partition coefficient (Wildman–Crippen LogP) is 24.3. The topological polar surface area (TPSA) is 468 Å². The van der Waals surface area contributed by atoms with Gasteiger partial charge in [0.1, 0.15) is 56.9 Å². The first-order valence-corrected chi connectivity index (χ1v) is 48.2. The fourth-order valence-electron chi connectivity index (χ4n) is 17.3. The minimum Gasteiger partial charge on any atom is -0.367 e. The van der Waals surface area contributed by atoms with Crippen LogP contribution in [0.2, 0.25) is 10.2 Å². The number of H-pyrrole nitrogens is 7. The van der Waals surface area contributed by atoms with E-state index >= 15 is 0 Å². The number of benzene rings is 6. The van der Waals surface area contributed by atoms with Crippen LogP contribution in [0.5, 0.6) is 0 Å². The molecule has 38 heteroatoms. The molecule has 28 rings (SSSR count). The van der Waals surface area contributed by atoms with Crippen LogP contribution in [-0.4, -0.2) is 142 Å². The molecule has 1 aliphatic carbocycles. The summed E-state index contributed by atoms with van der Waals surface area (Å²) in [6.07, 6.45) is 37.3. The summed E-state index contributed by atoms with van der Waals surface area (Å²) in [4.78, 5) is 55.5. The molecule has 36 nitrogen and oxygen atoms in total. The van der Waals surface area contributed by atoms with Gasteiger partial charge in [0.15, 0.2) is 53.1 Å². The number of rotatable bonds is 16. The van der Waals surface area contributed by atoms with Crippen LogP contribution in [0.1, 0.15) is 43.5 Å². The summed E-state index contributed by atoms with van der Waals surface area (Å²) < 4.78 is 2.04. The van der Waals surface area contributed by atoms with Crippen LogP contribution < -0.4 is 47.1 Å². The molecule has 0 fully saturated rings. The molecule has 724 valence electrons. The summed E-state index contributed by atoms with van der Waals surface area (Å²) in [5, 5.41) is 92.7. The number of nitrogens with zero attached hydrogens (tertiary/aromatic N) is 21. The lowest BCUT2D eigenvalue weighted by Crippen LogP contribution is -2.25. The zero-order chi connectivity index (χ0) is 100. The number of aromatic nitrogens is 28. The van der Waals surface area contributed by atoms with Crippen LogP contribution in [0.3, 0.4) is 0 Å². The highest BCUT2D eigenvalue weighted by molar-refractivity contribution is 6.38. The molecule has 0 unspecified atom stereocenters. The van der Waals surface area contributed by atoms with Gasteiger partial charge in [0.2, 0.25) is 0 Å². The van der Waals surface area contributed by atoms with Crippen LogP contribution in [0.15, 0.2) is 336 Å². The number of hydrogen-bond donors (Lipinski definition) is 15. The normalized spacial score (nSPS) is 11.5. The van der Waals surface area contributed by atoms with Crippen molar-refractivity contribution >= 4 is 251 Å². The number of anilines is 15. The fourth-order valence-corrected chi connectivity index (χ4v) is 17.8. The highest BCUT2D eigenvalue weighted by Crippen LogP contribution is 2.38. The zero-order valence-electron chi connectivity index (χ0n) is 79.8. The lowest BCUT2D eigenvalue weighted by atomic mass is 9.97. The van der Waals surface area contributed by atoms with Gasteiger partial charge in [-0.05, 0) is 285 Å². The van der Waals surface area contributed by atoms with E-state index in [0.29, 0.717) is 33.7 Å². The van der Waals surface area contributed by atoms with Gasteiger partial charge in [0, 0.05) is 194 Å². The number of fused-ring (bicyclic) bond motifs is 14. The van der Waals surface area contributed by atoms with E-state index in [0.717, 1.165) is 207 Å². The fraction of sp³-hybridized carbons (Fsp3) is 0.0818. The lowest BCUT2D eigenvalue weighted by Gasteiger charge is -2.12. The Morgan fingerprint density at radius 2 is 0.730 bits per heavy atom. The molecule has 21 aromatic heterocycles. The Kier molecular flexibility index (Phi) is 26.8. The number of nitrogens with one attached hydrogen (secondary N) is 15. The van der Waals surface area contributed by atoms with Gasteiger partial charge in [0.25, 0.3) is 0 Å². The molecule has 0 saturated heterocycles. The van der Waals surface area contributed by atoms with Crippen molar-refractivity contribution in [2.75, 3.05) is 42.5 Å². The van der Waals surface area contributed by atoms with E-state index in [4.69, 9.17) is 23.2 Å². The molecule has 0 aliphatic heterocycles. The van der Waals surface area contributed by atoms with Gasteiger partial charge < -0.3 is 42.5 Å². The highest BCUT2D eigenvalue weighted by atomic mass is 35.5. The third-order valence-electron chi connectivity index (χ3n) is 24.5. The maximum absolute atomic E-state index is 6.46. The standard InChI is InChI=1S/C18H18N6.2C16H13N5.C16H16N4.2C15H10ClN5.C14H10N6/c1-11(2)21-17-14-6-5-13(10-12(14)7-9-20-17)22-18-16-15(23-24-18)4-3-8-19-16;1-21-8-6-11-9-13(5-4-12(11)10-21)18-16-15-14(19-20-16)3-2-7-17-15;1-10-7-12(8-11-4-6-17-9-13(10)11)19-16-15-14(20-21-16)3-2-5-18-15;1-2-4-15-14(3-1)16(20-19-15)18-13-6-5-12-10-17-8-7-11(12)9-13;16-14-11-4-3-10(8-9(11)5-7-18-14)19-15-13-12(20-21-15)2-1-6-17-13;16-13-10-5-7-17-8-9(10)3-4-11(13)19-15-14-12(20-21-15)2-1-6-18-14;1-2-11-13(16-6-1)14(20-19-11)18-12-4-3-9-8-15-7-5-10(9)17-12/h3-11H,1-2H3,(H,20,21)(H2,22,23,24);2-10H,1H3,(H,17,19,20);2-9H,1H3,(H2,19,20,21);5-10H,1-4H2,(H2,18,19,20);2*1-8H,(H2,19,20,21);1-8H,(H2,17,18,19,20)/p+1. The third kappa shape index (κ3) is 21.0. The van der Waals surface area contributed by atoms with Crippen LogP contribution in [-0.2, 0) is 19.9 Å². The van der Waals surface area contributed by atoms with Gasteiger partial charge in [-0.2, -0.15) is 35.7 Å². The van der Waals surface area contributed by atoms with Crippen LogP contribution >= 0.6 is 23.2 Å². The quantitative estimate of drug-likeness (QED) is 0.0315. The first-order chi connectivity index (χ1) is 72.7. The molecule has 0 radical (unpaired) electrons. The second kappa shape index (κ2) is 42.6. The molecule has 0 spiro atoms. The SMILES string of the molecule is CC(C)Nc1nccc2cc(Nc3n[nH]c4cccnc34)ccc12.C[n+]1ccc2cc(Nc3n[nH]c4cccnc34)ccc2c1.Cc1cc(Nc2n[nH]c3cccnc23)cc2ccncc12.Clc1c(Nc2n[nH]c3cccnc23)ccc2cnccc12.Clc1nccc2cc(Nc3n[nH]c4cccnc34)ccc12.c1cc2cc(Nc3n[nH]c4c3CCCC4)ccc2cn1.c1cnc2c(Nc3ccc4cnccc4n3)n[nH]c2c1. The average molecular weight is 1990 g/mol. The molecule has 0 amide bonds. The minimum absolute atomic E-state index is 0.336. The summed E-state index contributed by atoms with van der Waals surface area (Å²) in [6.45, 7) is 6.29. The third-order valence-corrected chi connectivity index (χ3v) is 25.2. The summed E-state index contributed by atoms with van der Waals surface area (Å²) in [6, 6.07) is 73.7. The first-order valence-electron chi connectivity index (χ1n) is 47.4. The lowest BCUT2D eigenvalue weighted by molar-refractivity contribution is -0.670. The Bertz CT molecular complexity index is 9450. The van der Waals surface area contributed by atoms with Crippen LogP contribution in [0.4, 0.5) is 86.5 Å². The summed E-state index contributed by atoms with van der Waals surface area (Å²) in [7, 11) is 2.02. The number of aryl methyl sites for hydroxylation is 3. The van der Waals surface area contributed by atoms with E-state index in [1.165, 1.54) is 45.8 Å². The smallest absolute Gasteiger partial charge is 0.179 e. The number of halogens is 2. The average Bonchev–Trinajstić information content (AvgIpc) is 1.44. The summed E-state index contributed by atoms with van der Waals surface area (Å²) in [5.41, 5.74) is 20.8. The zero-order valence-corrected chi connectivity index (χ0v) is 81.3. The van der Waals surface area contributed by atoms with Crippen LogP contribution in [0, 0.1) is 6.92 Å². The molecular weight excluding hydrogens is 1900 g/mol. The van der Waals surface area contributed by atoms with Crippen molar-refractivity contribution in [2.45, 2.75) is 52.5 Å². The Morgan fingerprint density at radius 3 is 1.30 bits per heavy atom. The Morgan fingerprint density at radius 1 is 0.311 bits per heavy atom. The second-order valence-corrected chi connectivity index (χ2v) is 35.7. The maximum Gasteiger partial charge on any atom is 0.179 e. The molecular formula is C110H91Cl2N36+. The van der Waals surface area contributed by atoms with Gasteiger partial charge >= 0.3 is 0 Å². The summed E-state index contributed by atoms with van der Waals surface area (Å²) >= 11 is 12.5. The Labute approximate surface area is 851 Å². The monoisotopic (exact) mass is 1990 g/mol. The molecule has 1 aliphatic rings. The van der Waals surface area contributed by atoms with Crippen molar-refractivity contribution in [1.29, 1.82) is 0 Å². The van der Waals surface area contributed by atoms with Gasteiger partial charge in [-0.3, -0.25) is 85.5 Å². The largest absolute Gasteiger partial charge is 0.367 e. The van der Waals surface area contributed by atoms with Crippen molar-refractivity contribution in [3.8, 4) is 0 Å². The minimum atomic E-state index is 0.336. The van der Waals surface area contributed by atoms with E-state index in [1.54, 1.807) is 74.4 Å². The van der Waals surface area contributed by atoms with Gasteiger partial charge in [0.05, 0.1) is 49.3 Å². The van der Waals surface area contributed by atoms with Crippen molar-refractivity contribution in [3.05, 3.63) is 363 Å². The van der Waals surface area contributed by atoms with Crippen molar-refractivity contribution in [3.63, 3.8) is 0 Å². The molecule has 15 N–H and O–H groups in total. The highest BCUT2D eigenvalue weighted by Gasteiger charge is 2.21. The van der Waals surface area contributed by atoms with E-state index in [1.807, 2.05) is 206 Å². The van der Waals surface area contributed by atoms with Crippen LogP contribution in [0.25, 0.3) is 142 Å². The molecule has 21 heterocycles. The predicted molar refractivity (Wildman–Crippen MR) is 588 cm³/mol. The van der Waals surface area contributed by atoms with Gasteiger partial charge in [-0.15, -0.1) is 0 Å². The van der Waals surface area contributed by atoms with E-state index < -0.39 is 0 Å². The van der Waals surface area contributed by atoms with E-state index in [-0.39, 0.29) is 0 Å². The second-order valence-electron chi connectivity index (χ2n) is 34.9. The van der Waals surface area contributed by atoms with Crippen molar-refractivity contribution in [1.82, 2.24) is 136 Å². The molecule has 0 atom stereocenters. The van der Waals surface area contributed by atoms with Gasteiger partial charge in [-0.25, -0.2) is 19.5 Å². The van der Waals surface area contributed by atoms with Crippen molar-refractivity contribution < 1.29 is 4.57 Å². The number of pyridine rings is 14. The van der Waals surface area contributed by atoms with Gasteiger partial charge in [-0.1, -0.05) is 35.3 Å². The molecule has 0 saturated carbocycles. The van der Waals surface area contributed by atoms with E-state index in [2.05, 4.69) is 266 Å². The summed E-state index contributed by atoms with van der Waals surface area (Å²) in [5.74, 6) is 6.83. The molecule has 0 bridgehead atoms. The number of hydrogen-bond acceptors (Lipinski definition) is 28. The first kappa shape index (κ1) is 93.2. The maximum atomic E-state index is 6.46. The van der Waals surface area contributed by atoms with Crippen molar-refractivity contribution in [2.24, 2.45) is 7.05 Å². The Balaban J connectivity index is 0.0000000979. The number of aromatic amines is 7. The molecule has 27 aromatic rings. The Hall–Kier alpha value is -19.8. The molecule has 6 aromatic carbocycles. The molecule has 148 heavy (non-hydrogen) atoms.